The molecule has 6 heteroatoms. The summed E-state index contributed by atoms with van der Waals surface area (Å²) in [5.41, 5.74) is 5.84. The van der Waals surface area contributed by atoms with Gasteiger partial charge < -0.3 is 25.3 Å². The smallest absolute Gasteiger partial charge is 0.407 e. The quantitative estimate of drug-likeness (QED) is 0.597. The third kappa shape index (κ3) is 7.06. The lowest BCUT2D eigenvalue weighted by Crippen LogP contribution is -2.33. The fraction of sp³-hybridized carbons (Fsp3) is 0.562. The molecule has 0 fully saturated rings. The monoisotopic (exact) mass is 310 g/mol. The number of nitrogen functional groups attached to an aromatic ring is 1. The van der Waals surface area contributed by atoms with Crippen LogP contribution in [0.5, 0.6) is 11.5 Å². The minimum atomic E-state index is -0.471. The van der Waals surface area contributed by atoms with E-state index < -0.39 is 11.7 Å². The SMILES string of the molecule is COc1cc(OCCCCNC(=O)OC(C)(C)C)ccc1N. The van der Waals surface area contributed by atoms with Gasteiger partial charge in [-0.2, -0.15) is 0 Å². The second-order valence-corrected chi connectivity index (χ2v) is 5.89. The molecule has 0 bridgehead atoms. The van der Waals surface area contributed by atoms with Gasteiger partial charge in [0.25, 0.3) is 0 Å². The molecule has 0 aromatic heterocycles. The molecule has 0 radical (unpaired) electrons. The molecule has 1 rings (SSSR count). The van der Waals surface area contributed by atoms with Crippen molar-refractivity contribution in [3.05, 3.63) is 18.2 Å². The standard InChI is InChI=1S/C16H26N2O4/c1-16(2,3)22-15(19)18-9-5-6-10-21-12-7-8-13(17)14(11-12)20-4/h7-8,11H,5-6,9-10,17H2,1-4H3,(H,18,19). The number of nitrogens with two attached hydrogens (primary N) is 1. The van der Waals surface area contributed by atoms with Crippen molar-refractivity contribution in [1.82, 2.24) is 5.32 Å². The number of carbonyl (C=O) groups is 1. The Kier molecular flexibility index (Phi) is 6.82. The summed E-state index contributed by atoms with van der Waals surface area (Å²) in [6.45, 7) is 6.62. The van der Waals surface area contributed by atoms with Crippen molar-refractivity contribution in [2.45, 2.75) is 39.2 Å². The van der Waals surface area contributed by atoms with Crippen molar-refractivity contribution in [2.75, 3.05) is 26.0 Å². The summed E-state index contributed by atoms with van der Waals surface area (Å²) in [6, 6.07) is 5.31. The van der Waals surface area contributed by atoms with E-state index in [1.807, 2.05) is 20.8 Å². The largest absolute Gasteiger partial charge is 0.494 e. The molecule has 0 aliphatic heterocycles. The number of hydrogen-bond acceptors (Lipinski definition) is 5. The van der Waals surface area contributed by atoms with Gasteiger partial charge in [-0.3, -0.25) is 0 Å². The summed E-state index contributed by atoms with van der Waals surface area (Å²) in [4.78, 5) is 11.4. The van der Waals surface area contributed by atoms with Gasteiger partial charge in [0.05, 0.1) is 19.4 Å². The van der Waals surface area contributed by atoms with E-state index in [2.05, 4.69) is 5.32 Å². The number of benzene rings is 1. The first-order valence-corrected chi connectivity index (χ1v) is 7.35. The van der Waals surface area contributed by atoms with Gasteiger partial charge in [0.1, 0.15) is 17.1 Å². The molecule has 0 atom stereocenters. The number of nitrogens with one attached hydrogen (secondary N) is 1. The van der Waals surface area contributed by atoms with Crippen LogP contribution in [0.25, 0.3) is 0 Å². The highest BCUT2D eigenvalue weighted by Crippen LogP contribution is 2.26. The number of anilines is 1. The summed E-state index contributed by atoms with van der Waals surface area (Å²) in [5, 5.41) is 2.71. The zero-order valence-corrected chi connectivity index (χ0v) is 13.8. The van der Waals surface area contributed by atoms with Crippen molar-refractivity contribution in [1.29, 1.82) is 0 Å². The number of ether oxygens (including phenoxy) is 3. The number of rotatable bonds is 7. The molecule has 0 saturated carbocycles. The van der Waals surface area contributed by atoms with Gasteiger partial charge in [-0.15, -0.1) is 0 Å². The van der Waals surface area contributed by atoms with Crippen molar-refractivity contribution in [2.24, 2.45) is 0 Å². The first-order chi connectivity index (χ1) is 10.3. The normalized spacial score (nSPS) is 10.9. The van der Waals surface area contributed by atoms with Crippen LogP contribution in [-0.2, 0) is 4.74 Å². The highest BCUT2D eigenvalue weighted by atomic mass is 16.6. The van der Waals surface area contributed by atoms with E-state index in [1.165, 1.54) is 0 Å². The zero-order valence-electron chi connectivity index (χ0n) is 13.8. The van der Waals surface area contributed by atoms with Crippen LogP contribution in [-0.4, -0.2) is 32.0 Å². The molecular weight excluding hydrogens is 284 g/mol. The Bertz CT molecular complexity index is 484. The molecule has 0 aliphatic carbocycles. The highest BCUT2D eigenvalue weighted by Gasteiger charge is 2.15. The van der Waals surface area contributed by atoms with Crippen molar-refractivity contribution in [3.8, 4) is 11.5 Å². The highest BCUT2D eigenvalue weighted by molar-refractivity contribution is 5.67. The molecule has 0 aliphatic rings. The van der Waals surface area contributed by atoms with E-state index in [0.29, 0.717) is 30.3 Å². The molecule has 6 nitrogen and oxygen atoms in total. The molecule has 3 N–H and O–H groups in total. The maximum absolute atomic E-state index is 11.4. The third-order valence-corrected chi connectivity index (χ3v) is 2.71. The number of carbonyl (C=O) groups excluding carboxylic acids is 1. The third-order valence-electron chi connectivity index (χ3n) is 2.71. The molecular formula is C16H26N2O4. The van der Waals surface area contributed by atoms with Crippen LogP contribution >= 0.6 is 0 Å². The number of methoxy groups -OCH3 is 1. The lowest BCUT2D eigenvalue weighted by atomic mass is 10.2. The Labute approximate surface area is 131 Å². The summed E-state index contributed by atoms with van der Waals surface area (Å²) < 4.78 is 15.9. The van der Waals surface area contributed by atoms with Gasteiger partial charge in [-0.25, -0.2) is 4.79 Å². The lowest BCUT2D eigenvalue weighted by Gasteiger charge is -2.19. The first kappa shape index (κ1) is 17.9. The van der Waals surface area contributed by atoms with Gasteiger partial charge in [0.15, 0.2) is 0 Å². The average Bonchev–Trinajstić information content (AvgIpc) is 2.42. The second-order valence-electron chi connectivity index (χ2n) is 5.89. The maximum Gasteiger partial charge on any atom is 0.407 e. The summed E-state index contributed by atoms with van der Waals surface area (Å²) >= 11 is 0. The molecule has 1 amide bonds. The van der Waals surface area contributed by atoms with Crippen LogP contribution in [0.4, 0.5) is 10.5 Å². The number of hydrogen-bond donors (Lipinski definition) is 2. The van der Waals surface area contributed by atoms with Crippen molar-refractivity contribution in [3.63, 3.8) is 0 Å². The van der Waals surface area contributed by atoms with Gasteiger partial charge in [-0.05, 0) is 45.7 Å². The summed E-state index contributed by atoms with van der Waals surface area (Å²) in [6.07, 6.45) is 1.24. The van der Waals surface area contributed by atoms with E-state index in [-0.39, 0.29) is 0 Å². The molecule has 0 heterocycles. The van der Waals surface area contributed by atoms with E-state index in [9.17, 15) is 4.79 Å². The van der Waals surface area contributed by atoms with E-state index >= 15 is 0 Å². The van der Waals surface area contributed by atoms with Gasteiger partial charge in [0.2, 0.25) is 0 Å². The van der Waals surface area contributed by atoms with Crippen LogP contribution in [0, 0.1) is 0 Å². The van der Waals surface area contributed by atoms with Crippen molar-refractivity contribution < 1.29 is 19.0 Å². The maximum atomic E-state index is 11.4. The van der Waals surface area contributed by atoms with E-state index in [0.717, 1.165) is 12.8 Å². The minimum absolute atomic E-state index is 0.392. The van der Waals surface area contributed by atoms with E-state index in [4.69, 9.17) is 19.9 Å². The molecule has 0 spiro atoms. The average molecular weight is 310 g/mol. The van der Waals surface area contributed by atoms with Crippen molar-refractivity contribution >= 4 is 11.8 Å². The number of amides is 1. The fourth-order valence-electron chi connectivity index (χ4n) is 1.70. The Hall–Kier alpha value is -2.11. The van der Waals surface area contributed by atoms with Crippen LogP contribution < -0.4 is 20.5 Å². The van der Waals surface area contributed by atoms with Gasteiger partial charge in [0, 0.05) is 12.6 Å². The number of unbranched alkanes of at least 4 members (excludes halogenated alkanes) is 1. The van der Waals surface area contributed by atoms with Crippen LogP contribution in [0.1, 0.15) is 33.6 Å². The summed E-state index contributed by atoms with van der Waals surface area (Å²) in [5.74, 6) is 1.32. The first-order valence-electron chi connectivity index (χ1n) is 7.35. The van der Waals surface area contributed by atoms with Gasteiger partial charge >= 0.3 is 6.09 Å². The number of alkyl carbamates (subject to hydrolysis) is 1. The van der Waals surface area contributed by atoms with Crippen LogP contribution in [0.2, 0.25) is 0 Å². The fourth-order valence-corrected chi connectivity index (χ4v) is 1.70. The molecule has 0 unspecified atom stereocenters. The second kappa shape index (κ2) is 8.36. The lowest BCUT2D eigenvalue weighted by molar-refractivity contribution is 0.0526. The molecule has 1 aromatic rings. The Morgan fingerprint density at radius 1 is 1.27 bits per heavy atom. The molecule has 124 valence electrons. The zero-order chi connectivity index (χ0) is 16.6. The predicted molar refractivity (Wildman–Crippen MR) is 86.4 cm³/mol. The van der Waals surface area contributed by atoms with Gasteiger partial charge in [-0.1, -0.05) is 0 Å². The summed E-state index contributed by atoms with van der Waals surface area (Å²) in [7, 11) is 1.57. The minimum Gasteiger partial charge on any atom is -0.494 e. The van der Waals surface area contributed by atoms with Crippen LogP contribution in [0.15, 0.2) is 18.2 Å². The topological polar surface area (TPSA) is 82.8 Å². The molecule has 0 saturated heterocycles. The van der Waals surface area contributed by atoms with E-state index in [1.54, 1.807) is 25.3 Å². The Balaban J connectivity index is 2.17. The molecule has 22 heavy (non-hydrogen) atoms. The Morgan fingerprint density at radius 3 is 2.64 bits per heavy atom. The van der Waals surface area contributed by atoms with Crippen LogP contribution in [0.3, 0.4) is 0 Å². The Morgan fingerprint density at radius 2 is 2.00 bits per heavy atom. The predicted octanol–water partition coefficient (Wildman–Crippen LogP) is 2.96. The molecule has 1 aromatic carbocycles.